The minimum atomic E-state index is -0.972. The molecule has 1 saturated heterocycles. The summed E-state index contributed by atoms with van der Waals surface area (Å²) in [6, 6.07) is 14.7. The van der Waals surface area contributed by atoms with E-state index in [0.717, 1.165) is 5.56 Å². The number of para-hydroxylation sites is 1. The summed E-state index contributed by atoms with van der Waals surface area (Å²) in [7, 11) is 1.58. The van der Waals surface area contributed by atoms with Gasteiger partial charge in [0.2, 0.25) is 11.8 Å². The molecule has 2 aliphatic rings. The fourth-order valence-corrected chi connectivity index (χ4v) is 5.23. The number of hydrogen-bond donors (Lipinski definition) is 1. The molecule has 8 heteroatoms. The average molecular weight is 479 g/mol. The fraction of sp³-hybridized carbons (Fsp3) is 0.385. The van der Waals surface area contributed by atoms with Crippen LogP contribution < -0.4 is 5.32 Å². The number of nitriles is 1. The molecule has 3 amide bonds. The van der Waals surface area contributed by atoms with Crippen LogP contribution in [0.5, 0.6) is 0 Å². The van der Waals surface area contributed by atoms with Gasteiger partial charge >= 0.3 is 0 Å². The van der Waals surface area contributed by atoms with E-state index in [1.165, 1.54) is 9.80 Å². The predicted molar refractivity (Wildman–Crippen MR) is 129 cm³/mol. The Balaban J connectivity index is 1.67. The van der Waals surface area contributed by atoms with Crippen LogP contribution in [-0.4, -0.2) is 53.2 Å². The number of rotatable bonds is 5. The first kappa shape index (κ1) is 23.8. The Morgan fingerprint density at radius 3 is 2.59 bits per heavy atom. The molecule has 0 unspecified atom stereocenters. The molecular weight excluding hydrogens is 452 g/mol. The summed E-state index contributed by atoms with van der Waals surface area (Å²) in [5, 5.41) is 13.1. The number of benzene rings is 2. The largest absolute Gasteiger partial charge is 0.330 e. The van der Waals surface area contributed by atoms with Gasteiger partial charge in [0.05, 0.1) is 22.1 Å². The van der Waals surface area contributed by atoms with Gasteiger partial charge < -0.3 is 15.1 Å². The van der Waals surface area contributed by atoms with Crippen LogP contribution in [0.15, 0.2) is 48.5 Å². The summed E-state index contributed by atoms with van der Waals surface area (Å²) in [4.78, 5) is 43.1. The van der Waals surface area contributed by atoms with Crippen molar-refractivity contribution in [3.05, 3.63) is 64.7 Å². The molecule has 0 saturated carbocycles. The molecule has 1 N–H and O–H groups in total. The Morgan fingerprint density at radius 2 is 1.91 bits per heavy atom. The van der Waals surface area contributed by atoms with Crippen molar-refractivity contribution >= 4 is 35.0 Å². The lowest BCUT2D eigenvalue weighted by Gasteiger charge is -2.33. The van der Waals surface area contributed by atoms with E-state index in [1.807, 2.05) is 38.1 Å². The third kappa shape index (κ3) is 3.92. The second-order valence-corrected chi connectivity index (χ2v) is 9.85. The Hall–Kier alpha value is -3.37. The number of likely N-dealkylation sites (N-methyl/N-ethyl adjacent to an activating group) is 1. The molecule has 2 heterocycles. The van der Waals surface area contributed by atoms with Gasteiger partial charge in [-0.25, -0.2) is 0 Å². The third-order valence-electron chi connectivity index (χ3n) is 6.79. The number of fused-ring (bicyclic) bond motifs is 2. The Morgan fingerprint density at radius 1 is 1.24 bits per heavy atom. The number of amides is 3. The van der Waals surface area contributed by atoms with Gasteiger partial charge in [0.15, 0.2) is 0 Å². The molecule has 0 aliphatic carbocycles. The Labute approximate surface area is 204 Å². The summed E-state index contributed by atoms with van der Waals surface area (Å²) in [6.07, 6.45) is 0.630. The van der Waals surface area contributed by atoms with Crippen LogP contribution in [0.3, 0.4) is 0 Å². The molecule has 7 nitrogen and oxygen atoms in total. The zero-order valence-electron chi connectivity index (χ0n) is 19.4. The van der Waals surface area contributed by atoms with Gasteiger partial charge in [-0.1, -0.05) is 55.8 Å². The third-order valence-corrected chi connectivity index (χ3v) is 7.12. The van der Waals surface area contributed by atoms with Crippen LogP contribution in [0.2, 0.25) is 5.02 Å². The molecular formula is C26H27ClN4O3. The minimum Gasteiger partial charge on any atom is -0.330 e. The molecule has 1 fully saturated rings. The normalized spacial score (nSPS) is 21.8. The zero-order chi connectivity index (χ0) is 24.6. The predicted octanol–water partition coefficient (Wildman–Crippen LogP) is 3.84. The van der Waals surface area contributed by atoms with E-state index in [9.17, 15) is 19.6 Å². The van der Waals surface area contributed by atoms with Crippen molar-refractivity contribution in [2.24, 2.45) is 5.92 Å². The molecule has 176 valence electrons. The van der Waals surface area contributed by atoms with E-state index in [2.05, 4.69) is 11.4 Å². The van der Waals surface area contributed by atoms with Gasteiger partial charge in [-0.3, -0.25) is 14.4 Å². The highest BCUT2D eigenvalue weighted by Crippen LogP contribution is 2.46. The lowest BCUT2D eigenvalue weighted by molar-refractivity contribution is -0.136. The number of carbonyl (C=O) groups is 3. The lowest BCUT2D eigenvalue weighted by atomic mass is 9.80. The molecule has 2 aromatic carbocycles. The summed E-state index contributed by atoms with van der Waals surface area (Å²) in [6.45, 7) is 4.04. The van der Waals surface area contributed by atoms with E-state index in [-0.39, 0.29) is 36.6 Å². The highest BCUT2D eigenvalue weighted by molar-refractivity contribution is 6.33. The van der Waals surface area contributed by atoms with Crippen molar-refractivity contribution < 1.29 is 14.4 Å². The zero-order valence-corrected chi connectivity index (χ0v) is 20.2. The maximum absolute atomic E-state index is 13.9. The maximum atomic E-state index is 13.9. The van der Waals surface area contributed by atoms with E-state index in [1.54, 1.807) is 31.3 Å². The second-order valence-electron chi connectivity index (χ2n) is 9.44. The number of carbonyl (C=O) groups excluding carboxylic acids is 3. The van der Waals surface area contributed by atoms with Crippen molar-refractivity contribution in [2.45, 2.75) is 44.2 Å². The van der Waals surface area contributed by atoms with Crippen LogP contribution in [-0.2, 0) is 15.0 Å². The molecule has 4 rings (SSSR count). The fourth-order valence-electron chi connectivity index (χ4n) is 5.01. The van der Waals surface area contributed by atoms with Crippen molar-refractivity contribution in [1.29, 1.82) is 5.26 Å². The van der Waals surface area contributed by atoms with Crippen LogP contribution in [0.1, 0.15) is 42.6 Å². The van der Waals surface area contributed by atoms with Gasteiger partial charge in [0, 0.05) is 25.7 Å². The SMILES string of the molecule is CC(C)C[C@@H](C(=O)N1C[C@]2(C[C@H]1C#N)C(=O)Nc1ccccc12)N(C)C(=O)c1ccccc1Cl. The van der Waals surface area contributed by atoms with E-state index in [4.69, 9.17) is 11.6 Å². The summed E-state index contributed by atoms with van der Waals surface area (Å²) in [5.74, 6) is -0.790. The van der Waals surface area contributed by atoms with Crippen molar-refractivity contribution in [1.82, 2.24) is 9.80 Å². The average Bonchev–Trinajstić information content (AvgIpc) is 3.35. The maximum Gasteiger partial charge on any atom is 0.255 e. The first-order valence-corrected chi connectivity index (χ1v) is 11.7. The van der Waals surface area contributed by atoms with Crippen molar-refractivity contribution in [3.8, 4) is 6.07 Å². The van der Waals surface area contributed by atoms with Crippen molar-refractivity contribution in [3.63, 3.8) is 0 Å². The molecule has 2 aliphatic heterocycles. The molecule has 2 aromatic rings. The second kappa shape index (κ2) is 9.11. The topological polar surface area (TPSA) is 93.5 Å². The quantitative estimate of drug-likeness (QED) is 0.706. The summed E-state index contributed by atoms with van der Waals surface area (Å²) in [5.41, 5.74) is 0.854. The van der Waals surface area contributed by atoms with Gasteiger partial charge in [0.1, 0.15) is 12.1 Å². The van der Waals surface area contributed by atoms with Crippen molar-refractivity contribution in [2.75, 3.05) is 18.9 Å². The standard InChI is InChI=1S/C26H27ClN4O3/c1-16(2)12-22(30(3)23(32)18-8-4-6-10-20(18)27)24(33)31-15-26(13-17(31)14-28)19-9-5-7-11-21(19)29-25(26)34/h4-11,16-17,22H,12-13,15H2,1-3H3,(H,29,34)/t17-,22-,26-/m0/s1. The number of nitrogens with one attached hydrogen (secondary N) is 1. The molecule has 34 heavy (non-hydrogen) atoms. The molecule has 3 atom stereocenters. The number of nitrogens with zero attached hydrogens (tertiary/aromatic N) is 3. The number of anilines is 1. The first-order chi connectivity index (χ1) is 16.2. The molecule has 1 spiro atoms. The highest BCUT2D eigenvalue weighted by Gasteiger charge is 2.56. The summed E-state index contributed by atoms with van der Waals surface area (Å²) < 4.78 is 0. The molecule has 0 aromatic heterocycles. The van der Waals surface area contributed by atoms with Crippen LogP contribution in [0.25, 0.3) is 0 Å². The highest BCUT2D eigenvalue weighted by atomic mass is 35.5. The summed E-state index contributed by atoms with van der Waals surface area (Å²) >= 11 is 6.24. The molecule has 0 bridgehead atoms. The number of hydrogen-bond acceptors (Lipinski definition) is 4. The van der Waals surface area contributed by atoms with Gasteiger partial charge in [-0.05, 0) is 36.1 Å². The van der Waals surface area contributed by atoms with Gasteiger partial charge in [0.25, 0.3) is 5.91 Å². The lowest BCUT2D eigenvalue weighted by Crippen LogP contribution is -2.52. The van der Waals surface area contributed by atoms with Crippen LogP contribution in [0.4, 0.5) is 5.69 Å². The minimum absolute atomic E-state index is 0.0929. The van der Waals surface area contributed by atoms with Gasteiger partial charge in [-0.2, -0.15) is 5.26 Å². The van der Waals surface area contributed by atoms with E-state index >= 15 is 0 Å². The molecule has 0 radical (unpaired) electrons. The number of likely N-dealkylation sites (tertiary alicyclic amines) is 1. The van der Waals surface area contributed by atoms with E-state index < -0.39 is 17.5 Å². The smallest absolute Gasteiger partial charge is 0.255 e. The van der Waals surface area contributed by atoms with Crippen LogP contribution in [0, 0.1) is 17.2 Å². The van der Waals surface area contributed by atoms with Crippen LogP contribution >= 0.6 is 11.6 Å². The Bertz CT molecular complexity index is 1190. The van der Waals surface area contributed by atoms with Gasteiger partial charge in [-0.15, -0.1) is 0 Å². The Kier molecular flexibility index (Phi) is 6.37. The van der Waals surface area contributed by atoms with E-state index in [0.29, 0.717) is 22.7 Å². The first-order valence-electron chi connectivity index (χ1n) is 11.3. The number of halogens is 1. The monoisotopic (exact) mass is 478 g/mol.